The van der Waals surface area contributed by atoms with Gasteiger partial charge in [-0.25, -0.2) is 0 Å². The molecule has 1 fully saturated rings. The second-order valence-electron chi connectivity index (χ2n) is 9.78. The van der Waals surface area contributed by atoms with Gasteiger partial charge in [0.05, 0.1) is 13.2 Å². The second-order valence-corrected chi connectivity index (χ2v) is 9.78. The Morgan fingerprint density at radius 1 is 0.650 bits per heavy atom. The highest BCUT2D eigenvalue weighted by Gasteiger charge is 2.52. The Balaban J connectivity index is 2.62. The summed E-state index contributed by atoms with van der Waals surface area (Å²) in [4.78, 5) is 46.9. The molecule has 11 nitrogen and oxygen atoms in total. The molecular formula is C29H48O11. The van der Waals surface area contributed by atoms with Crippen molar-refractivity contribution >= 4 is 23.9 Å². The third-order valence-electron chi connectivity index (χ3n) is 6.08. The van der Waals surface area contributed by atoms with Gasteiger partial charge in [-0.2, -0.15) is 0 Å². The molecule has 40 heavy (non-hydrogen) atoms. The van der Waals surface area contributed by atoms with Crippen molar-refractivity contribution in [1.29, 1.82) is 0 Å². The molecule has 0 N–H and O–H groups in total. The van der Waals surface area contributed by atoms with E-state index in [0.29, 0.717) is 13.2 Å². The van der Waals surface area contributed by atoms with E-state index >= 15 is 0 Å². The van der Waals surface area contributed by atoms with Crippen molar-refractivity contribution in [2.75, 3.05) is 26.4 Å². The number of ether oxygens (including phenoxy) is 7. The number of unbranched alkanes of at least 4 members (excludes halogenated alkanes) is 8. The highest BCUT2D eigenvalue weighted by atomic mass is 16.7. The average molecular weight is 573 g/mol. The Morgan fingerprint density at radius 3 is 1.75 bits per heavy atom. The number of rotatable bonds is 20. The van der Waals surface area contributed by atoms with Gasteiger partial charge in [-0.1, -0.05) is 70.4 Å². The molecule has 230 valence electrons. The van der Waals surface area contributed by atoms with Crippen LogP contribution in [0, 0.1) is 0 Å². The molecule has 1 aliphatic heterocycles. The molecule has 0 aromatic heterocycles. The maximum Gasteiger partial charge on any atom is 0.303 e. The molecule has 11 heteroatoms. The van der Waals surface area contributed by atoms with Crippen LogP contribution in [0.25, 0.3) is 0 Å². The Labute approximate surface area is 238 Å². The molecule has 5 atom stereocenters. The summed E-state index contributed by atoms with van der Waals surface area (Å²) in [7, 11) is 0. The first kappa shape index (κ1) is 35.5. The van der Waals surface area contributed by atoms with Crippen LogP contribution in [0.5, 0.6) is 0 Å². The van der Waals surface area contributed by atoms with Gasteiger partial charge < -0.3 is 33.2 Å². The van der Waals surface area contributed by atoms with Crippen LogP contribution in [0.4, 0.5) is 0 Å². The zero-order valence-corrected chi connectivity index (χ0v) is 24.7. The minimum atomic E-state index is -1.26. The maximum absolute atomic E-state index is 11.9. The standard InChI is InChI=1S/C29H48O11/c1-6-7-8-9-10-11-12-13-14-17-34-18-15-16-19-35-29-28(39-24(5)33)27(38-23(4)32)26(37-22(3)31)25(40-29)20-36-21(2)30/h15-16,25-29H,6-14,17-20H2,1-5H3/b16-15-/t25-,26-,27+,28-,29-/m1/s1. The SMILES string of the molecule is CCCCCCCCCCCOC/C=C\CO[C@@H]1O[C@H](COC(C)=O)[C@@H](OC(C)=O)[C@H](OC(C)=O)[C@H]1OC(C)=O. The summed E-state index contributed by atoms with van der Waals surface area (Å²) in [6.07, 6.45) is 8.83. The molecule has 0 saturated carbocycles. The number of hydrogen-bond donors (Lipinski definition) is 0. The van der Waals surface area contributed by atoms with E-state index in [1.807, 2.05) is 0 Å². The normalized spacial score (nSPS) is 22.6. The third-order valence-corrected chi connectivity index (χ3v) is 6.08. The van der Waals surface area contributed by atoms with Crippen LogP contribution in [0.3, 0.4) is 0 Å². The van der Waals surface area contributed by atoms with Gasteiger partial charge in [-0.05, 0) is 6.42 Å². The second kappa shape index (κ2) is 21.3. The molecule has 1 heterocycles. The van der Waals surface area contributed by atoms with Crippen molar-refractivity contribution in [3.8, 4) is 0 Å². The highest BCUT2D eigenvalue weighted by Crippen LogP contribution is 2.30. The van der Waals surface area contributed by atoms with Crippen LogP contribution in [0.15, 0.2) is 12.2 Å². The minimum Gasteiger partial charge on any atom is -0.463 e. The predicted molar refractivity (Wildman–Crippen MR) is 145 cm³/mol. The van der Waals surface area contributed by atoms with Gasteiger partial charge in [0, 0.05) is 34.3 Å². The smallest absolute Gasteiger partial charge is 0.303 e. The summed E-state index contributed by atoms with van der Waals surface area (Å²) in [5, 5.41) is 0. The maximum atomic E-state index is 11.9. The molecule has 0 unspecified atom stereocenters. The molecule has 0 amide bonds. The van der Waals surface area contributed by atoms with Crippen LogP contribution >= 0.6 is 0 Å². The van der Waals surface area contributed by atoms with Gasteiger partial charge in [0.1, 0.15) is 12.7 Å². The Morgan fingerprint density at radius 2 is 1.18 bits per heavy atom. The monoisotopic (exact) mass is 572 g/mol. The van der Waals surface area contributed by atoms with Crippen molar-refractivity contribution in [3.63, 3.8) is 0 Å². The fourth-order valence-electron chi connectivity index (χ4n) is 4.28. The summed E-state index contributed by atoms with van der Waals surface area (Å²) >= 11 is 0. The van der Waals surface area contributed by atoms with Gasteiger partial charge in [-0.15, -0.1) is 0 Å². The molecular weight excluding hydrogens is 524 g/mol. The van der Waals surface area contributed by atoms with E-state index in [-0.39, 0.29) is 13.2 Å². The van der Waals surface area contributed by atoms with Gasteiger partial charge in [0.25, 0.3) is 0 Å². The van der Waals surface area contributed by atoms with Crippen LogP contribution in [-0.2, 0) is 52.3 Å². The van der Waals surface area contributed by atoms with Crippen molar-refractivity contribution in [2.45, 2.75) is 123 Å². The zero-order chi connectivity index (χ0) is 29.8. The molecule has 1 aliphatic rings. The first-order chi connectivity index (χ1) is 19.1. The summed E-state index contributed by atoms with van der Waals surface area (Å²) in [6.45, 7) is 7.81. The quantitative estimate of drug-likeness (QED) is 0.0900. The topological polar surface area (TPSA) is 133 Å². The van der Waals surface area contributed by atoms with E-state index in [4.69, 9.17) is 33.2 Å². The minimum absolute atomic E-state index is 0.0646. The largest absolute Gasteiger partial charge is 0.463 e. The molecule has 1 rings (SSSR count). The Hall–Kier alpha value is -2.50. The van der Waals surface area contributed by atoms with Crippen LogP contribution < -0.4 is 0 Å². The lowest BCUT2D eigenvalue weighted by Crippen LogP contribution is -2.62. The summed E-state index contributed by atoms with van der Waals surface area (Å²) in [6, 6.07) is 0. The lowest BCUT2D eigenvalue weighted by molar-refractivity contribution is -0.306. The van der Waals surface area contributed by atoms with Gasteiger partial charge in [0.2, 0.25) is 0 Å². The fourth-order valence-corrected chi connectivity index (χ4v) is 4.28. The molecule has 0 bridgehead atoms. The molecule has 1 saturated heterocycles. The third kappa shape index (κ3) is 15.9. The number of esters is 4. The molecule has 0 aromatic rings. The predicted octanol–water partition coefficient (Wildman–Crippen LogP) is 4.19. The number of carbonyl (C=O) groups excluding carboxylic acids is 4. The van der Waals surface area contributed by atoms with Crippen LogP contribution in [-0.4, -0.2) is 81.0 Å². The van der Waals surface area contributed by atoms with E-state index in [1.54, 1.807) is 12.2 Å². The zero-order valence-electron chi connectivity index (χ0n) is 24.7. The molecule has 0 radical (unpaired) electrons. The molecule has 0 aromatic carbocycles. The van der Waals surface area contributed by atoms with Crippen molar-refractivity contribution in [2.24, 2.45) is 0 Å². The van der Waals surface area contributed by atoms with Gasteiger partial charge >= 0.3 is 23.9 Å². The Kier molecular flexibility index (Phi) is 18.9. The van der Waals surface area contributed by atoms with Gasteiger partial charge in [-0.3, -0.25) is 19.2 Å². The van der Waals surface area contributed by atoms with E-state index < -0.39 is 54.6 Å². The average Bonchev–Trinajstić information content (AvgIpc) is 2.87. The van der Waals surface area contributed by atoms with Crippen molar-refractivity contribution in [1.82, 2.24) is 0 Å². The Bertz CT molecular complexity index is 782. The molecule has 0 aliphatic carbocycles. The van der Waals surface area contributed by atoms with E-state index in [0.717, 1.165) is 12.8 Å². The summed E-state index contributed by atoms with van der Waals surface area (Å²) < 4.78 is 38.5. The summed E-state index contributed by atoms with van der Waals surface area (Å²) in [5.41, 5.74) is 0. The van der Waals surface area contributed by atoms with Crippen LogP contribution in [0.2, 0.25) is 0 Å². The number of hydrogen-bond acceptors (Lipinski definition) is 11. The van der Waals surface area contributed by atoms with E-state index in [1.165, 1.54) is 72.6 Å². The van der Waals surface area contributed by atoms with Crippen LogP contribution in [0.1, 0.15) is 92.4 Å². The first-order valence-corrected chi connectivity index (χ1v) is 14.3. The van der Waals surface area contributed by atoms with E-state index in [2.05, 4.69) is 6.92 Å². The first-order valence-electron chi connectivity index (χ1n) is 14.3. The van der Waals surface area contributed by atoms with E-state index in [9.17, 15) is 19.2 Å². The lowest BCUT2D eigenvalue weighted by Gasteiger charge is -2.43. The van der Waals surface area contributed by atoms with Gasteiger partial charge in [0.15, 0.2) is 24.6 Å². The number of carbonyl (C=O) groups is 4. The summed E-state index contributed by atoms with van der Waals surface area (Å²) in [5.74, 6) is -2.65. The fraction of sp³-hybridized carbons (Fsp3) is 0.793. The van der Waals surface area contributed by atoms with Crippen molar-refractivity contribution in [3.05, 3.63) is 12.2 Å². The highest BCUT2D eigenvalue weighted by molar-refractivity contribution is 5.68. The molecule has 0 spiro atoms. The lowest BCUT2D eigenvalue weighted by atomic mass is 9.98. The van der Waals surface area contributed by atoms with Crippen molar-refractivity contribution < 1.29 is 52.3 Å².